The maximum atomic E-state index is 12.1. The van der Waals surface area contributed by atoms with E-state index in [4.69, 9.17) is 5.11 Å². The molecule has 0 aromatic heterocycles. The van der Waals surface area contributed by atoms with Crippen molar-refractivity contribution in [2.24, 2.45) is 5.92 Å². The lowest BCUT2D eigenvalue weighted by Gasteiger charge is -2.15. The lowest BCUT2D eigenvalue weighted by Crippen LogP contribution is -2.21. The number of rotatable bonds is 5. The summed E-state index contributed by atoms with van der Waals surface area (Å²) in [6, 6.07) is 7.36. The zero-order valence-electron chi connectivity index (χ0n) is 11.5. The molecule has 20 heavy (non-hydrogen) atoms. The molecule has 1 aromatic carbocycles. The minimum atomic E-state index is -0.855. The normalized spacial score (nSPS) is 16.9. The molecule has 0 saturated heterocycles. The van der Waals surface area contributed by atoms with Crippen LogP contribution in [0.5, 0.6) is 0 Å². The number of benzene rings is 1. The summed E-state index contributed by atoms with van der Waals surface area (Å²) >= 11 is 1.25. The van der Waals surface area contributed by atoms with Crippen LogP contribution < -0.4 is 5.32 Å². The number of carbonyl (C=O) groups is 2. The highest BCUT2D eigenvalue weighted by Crippen LogP contribution is 2.32. The van der Waals surface area contributed by atoms with Crippen LogP contribution in [-0.4, -0.2) is 22.2 Å². The van der Waals surface area contributed by atoms with Crippen LogP contribution in [0.15, 0.2) is 29.2 Å². The number of amides is 1. The molecule has 0 aliphatic heterocycles. The van der Waals surface area contributed by atoms with E-state index in [0.29, 0.717) is 5.69 Å². The topological polar surface area (TPSA) is 66.4 Å². The Hall–Kier alpha value is -1.49. The standard InChI is InChI=1S/C15H19NO3S/c1-10(15(18)19)20-13-9-5-4-8-12(13)16-14(17)11-6-2-3-7-11/h4-5,8-11H,2-3,6-7H2,1H3,(H,16,17)(H,18,19). The molecule has 1 aromatic rings. The van der Waals surface area contributed by atoms with E-state index in [0.717, 1.165) is 30.6 Å². The molecule has 1 fully saturated rings. The monoisotopic (exact) mass is 293 g/mol. The number of thioether (sulfide) groups is 1. The maximum absolute atomic E-state index is 12.1. The van der Waals surface area contributed by atoms with Gasteiger partial charge in [-0.05, 0) is 31.9 Å². The van der Waals surface area contributed by atoms with E-state index in [1.54, 1.807) is 6.92 Å². The van der Waals surface area contributed by atoms with E-state index in [9.17, 15) is 9.59 Å². The number of para-hydroxylation sites is 1. The first-order valence-electron chi connectivity index (χ1n) is 6.87. The highest BCUT2D eigenvalue weighted by atomic mass is 32.2. The Morgan fingerprint density at radius 3 is 2.60 bits per heavy atom. The summed E-state index contributed by atoms with van der Waals surface area (Å²) in [5, 5.41) is 11.4. The van der Waals surface area contributed by atoms with Gasteiger partial charge in [-0.15, -0.1) is 11.8 Å². The smallest absolute Gasteiger partial charge is 0.316 e. The van der Waals surface area contributed by atoms with Crippen LogP contribution >= 0.6 is 11.8 Å². The minimum Gasteiger partial charge on any atom is -0.480 e. The van der Waals surface area contributed by atoms with Gasteiger partial charge in [0.25, 0.3) is 0 Å². The SMILES string of the molecule is CC(Sc1ccccc1NC(=O)C1CCCC1)C(=O)O. The van der Waals surface area contributed by atoms with Crippen molar-refractivity contribution in [1.82, 2.24) is 0 Å². The Kier molecular flexibility index (Phi) is 5.06. The van der Waals surface area contributed by atoms with Gasteiger partial charge in [0.2, 0.25) is 5.91 Å². The number of nitrogens with one attached hydrogen (secondary N) is 1. The molecule has 1 saturated carbocycles. The molecule has 2 N–H and O–H groups in total. The van der Waals surface area contributed by atoms with Crippen molar-refractivity contribution in [3.63, 3.8) is 0 Å². The quantitative estimate of drug-likeness (QED) is 0.817. The molecule has 0 radical (unpaired) electrons. The highest BCUT2D eigenvalue weighted by molar-refractivity contribution is 8.00. The molecule has 1 unspecified atom stereocenters. The fraction of sp³-hybridized carbons (Fsp3) is 0.467. The van der Waals surface area contributed by atoms with E-state index in [2.05, 4.69) is 5.32 Å². The lowest BCUT2D eigenvalue weighted by atomic mass is 10.1. The van der Waals surface area contributed by atoms with Crippen LogP contribution in [0.1, 0.15) is 32.6 Å². The number of hydrogen-bond acceptors (Lipinski definition) is 3. The zero-order valence-corrected chi connectivity index (χ0v) is 12.3. The summed E-state index contributed by atoms with van der Waals surface area (Å²) in [6.45, 7) is 1.64. The van der Waals surface area contributed by atoms with Gasteiger partial charge in [-0.2, -0.15) is 0 Å². The lowest BCUT2D eigenvalue weighted by molar-refractivity contribution is -0.136. The summed E-state index contributed by atoms with van der Waals surface area (Å²) < 4.78 is 0. The van der Waals surface area contributed by atoms with Gasteiger partial charge in [0.05, 0.1) is 5.69 Å². The average Bonchev–Trinajstić information content (AvgIpc) is 2.94. The summed E-state index contributed by atoms with van der Waals surface area (Å²) in [5.74, 6) is -0.699. The van der Waals surface area contributed by atoms with Gasteiger partial charge >= 0.3 is 5.97 Å². The second-order valence-corrected chi connectivity index (χ2v) is 6.45. The molecule has 4 nitrogen and oxygen atoms in total. The van der Waals surface area contributed by atoms with Gasteiger partial charge in [0.1, 0.15) is 5.25 Å². The predicted octanol–water partition coefficient (Wildman–Crippen LogP) is 3.38. The van der Waals surface area contributed by atoms with Gasteiger partial charge in [-0.3, -0.25) is 9.59 Å². The zero-order chi connectivity index (χ0) is 14.5. The Bertz CT molecular complexity index is 498. The third kappa shape index (κ3) is 3.76. The van der Waals surface area contributed by atoms with Crippen molar-refractivity contribution >= 4 is 29.3 Å². The maximum Gasteiger partial charge on any atom is 0.316 e. The summed E-state index contributed by atoms with van der Waals surface area (Å²) in [6.07, 6.45) is 4.13. The van der Waals surface area contributed by atoms with Gasteiger partial charge < -0.3 is 10.4 Å². The number of carbonyl (C=O) groups excluding carboxylic acids is 1. The molecule has 0 spiro atoms. The second-order valence-electron chi connectivity index (χ2n) is 5.07. The molecule has 108 valence electrons. The third-order valence-electron chi connectivity index (χ3n) is 3.52. The molecule has 1 amide bonds. The Balaban J connectivity index is 2.07. The van der Waals surface area contributed by atoms with Crippen LogP contribution in [0.4, 0.5) is 5.69 Å². The molecule has 1 aliphatic carbocycles. The molecule has 1 aliphatic rings. The van der Waals surface area contributed by atoms with E-state index in [-0.39, 0.29) is 11.8 Å². The first kappa shape index (κ1) is 14.9. The van der Waals surface area contributed by atoms with Crippen LogP contribution in [0.3, 0.4) is 0 Å². The molecule has 0 heterocycles. The molecule has 2 rings (SSSR count). The Morgan fingerprint density at radius 1 is 1.30 bits per heavy atom. The summed E-state index contributed by atoms with van der Waals surface area (Å²) in [5.41, 5.74) is 0.711. The number of anilines is 1. The van der Waals surface area contributed by atoms with Gasteiger partial charge in [-0.1, -0.05) is 25.0 Å². The number of carboxylic acid groups (broad SMARTS) is 1. The van der Waals surface area contributed by atoms with Crippen LogP contribution in [0.25, 0.3) is 0 Å². The highest BCUT2D eigenvalue weighted by Gasteiger charge is 2.23. The summed E-state index contributed by atoms with van der Waals surface area (Å²) in [4.78, 5) is 23.9. The van der Waals surface area contributed by atoms with Gasteiger partial charge in [0, 0.05) is 10.8 Å². The van der Waals surface area contributed by atoms with E-state index in [1.807, 2.05) is 24.3 Å². The molecule has 1 atom stereocenters. The molecule has 5 heteroatoms. The van der Waals surface area contributed by atoms with Crippen molar-refractivity contribution in [2.75, 3.05) is 5.32 Å². The fourth-order valence-corrected chi connectivity index (χ4v) is 3.22. The van der Waals surface area contributed by atoms with E-state index >= 15 is 0 Å². The van der Waals surface area contributed by atoms with Crippen molar-refractivity contribution < 1.29 is 14.7 Å². The third-order valence-corrected chi connectivity index (χ3v) is 4.69. The Labute approximate surface area is 123 Å². The second kappa shape index (κ2) is 6.79. The van der Waals surface area contributed by atoms with Crippen molar-refractivity contribution in [2.45, 2.75) is 42.8 Å². The summed E-state index contributed by atoms with van der Waals surface area (Å²) in [7, 11) is 0. The van der Waals surface area contributed by atoms with Crippen molar-refractivity contribution in [3.8, 4) is 0 Å². The fourth-order valence-electron chi connectivity index (χ4n) is 2.34. The number of hydrogen-bond donors (Lipinski definition) is 2. The van der Waals surface area contributed by atoms with Crippen molar-refractivity contribution in [1.29, 1.82) is 0 Å². The first-order chi connectivity index (χ1) is 9.58. The van der Waals surface area contributed by atoms with Crippen LogP contribution in [0.2, 0.25) is 0 Å². The Morgan fingerprint density at radius 2 is 1.95 bits per heavy atom. The number of carboxylic acids is 1. The van der Waals surface area contributed by atoms with E-state index in [1.165, 1.54) is 11.8 Å². The van der Waals surface area contributed by atoms with Crippen LogP contribution in [-0.2, 0) is 9.59 Å². The van der Waals surface area contributed by atoms with Crippen molar-refractivity contribution in [3.05, 3.63) is 24.3 Å². The van der Waals surface area contributed by atoms with E-state index < -0.39 is 11.2 Å². The van der Waals surface area contributed by atoms with Gasteiger partial charge in [-0.25, -0.2) is 0 Å². The van der Waals surface area contributed by atoms with Crippen LogP contribution in [0, 0.1) is 5.92 Å². The molecular weight excluding hydrogens is 274 g/mol. The molecular formula is C15H19NO3S. The van der Waals surface area contributed by atoms with Gasteiger partial charge in [0.15, 0.2) is 0 Å². The number of aliphatic carboxylic acids is 1. The predicted molar refractivity (Wildman–Crippen MR) is 80.0 cm³/mol. The minimum absolute atomic E-state index is 0.0542. The molecule has 0 bridgehead atoms. The largest absolute Gasteiger partial charge is 0.480 e. The first-order valence-corrected chi connectivity index (χ1v) is 7.75. The average molecular weight is 293 g/mol.